The highest BCUT2D eigenvalue weighted by Gasteiger charge is 2.26. The molecule has 0 spiro atoms. The summed E-state index contributed by atoms with van der Waals surface area (Å²) >= 11 is 6.45. The predicted octanol–water partition coefficient (Wildman–Crippen LogP) is 3.34. The number of amides is 1. The third-order valence-electron chi connectivity index (χ3n) is 5.94. The minimum atomic E-state index is -0.357. The number of halogens is 1. The molecule has 0 N–H and O–H groups in total. The van der Waals surface area contributed by atoms with E-state index in [1.165, 1.54) is 4.68 Å². The topological polar surface area (TPSA) is 63.4 Å². The van der Waals surface area contributed by atoms with Gasteiger partial charge in [-0.25, -0.2) is 0 Å². The van der Waals surface area contributed by atoms with E-state index < -0.39 is 0 Å². The Labute approximate surface area is 190 Å². The third kappa shape index (κ3) is 3.44. The molecule has 2 aromatic carbocycles. The molecule has 1 saturated heterocycles. The highest BCUT2D eigenvalue weighted by molar-refractivity contribution is 6.33. The van der Waals surface area contributed by atoms with Crippen LogP contribution >= 0.6 is 11.6 Å². The van der Waals surface area contributed by atoms with E-state index in [1.807, 2.05) is 82.2 Å². The molecule has 7 nitrogen and oxygen atoms in total. The van der Waals surface area contributed by atoms with Crippen LogP contribution in [0, 0.1) is 0 Å². The number of hydrogen-bond donors (Lipinski definition) is 0. The van der Waals surface area contributed by atoms with Crippen LogP contribution in [0.2, 0.25) is 5.02 Å². The van der Waals surface area contributed by atoms with Gasteiger partial charge in [0.2, 0.25) is 0 Å². The smallest absolute Gasteiger partial charge is 0.292 e. The fourth-order valence-corrected chi connectivity index (χ4v) is 4.48. The zero-order chi connectivity index (χ0) is 22.2. The van der Waals surface area contributed by atoms with Crippen molar-refractivity contribution >= 4 is 34.1 Å². The van der Waals surface area contributed by atoms with Crippen LogP contribution in [0.15, 0.2) is 71.8 Å². The molecule has 8 heteroatoms. The van der Waals surface area contributed by atoms with Gasteiger partial charge < -0.3 is 14.4 Å². The van der Waals surface area contributed by atoms with Crippen molar-refractivity contribution < 1.29 is 4.79 Å². The summed E-state index contributed by atoms with van der Waals surface area (Å²) in [6.07, 6.45) is 3.52. The number of carbonyl (C=O) groups is 1. The fourth-order valence-electron chi connectivity index (χ4n) is 4.23. The van der Waals surface area contributed by atoms with Gasteiger partial charge in [-0.05, 0) is 18.2 Å². The molecule has 0 aliphatic carbocycles. The summed E-state index contributed by atoms with van der Waals surface area (Å²) in [4.78, 5) is 29.9. The average molecular weight is 448 g/mol. The first-order valence-corrected chi connectivity index (χ1v) is 10.8. The molecule has 0 radical (unpaired) electrons. The lowest BCUT2D eigenvalue weighted by molar-refractivity contribution is 0.0748. The lowest BCUT2D eigenvalue weighted by Crippen LogP contribution is -2.49. The molecule has 0 saturated carbocycles. The first-order valence-electron chi connectivity index (χ1n) is 10.5. The van der Waals surface area contributed by atoms with Crippen molar-refractivity contribution in [1.29, 1.82) is 0 Å². The lowest BCUT2D eigenvalue weighted by atomic mass is 10.1. The number of nitrogens with zero attached hydrogens (tertiary/aromatic N) is 5. The van der Waals surface area contributed by atoms with Crippen molar-refractivity contribution in [3.63, 3.8) is 0 Å². The zero-order valence-electron chi connectivity index (χ0n) is 17.6. The van der Waals surface area contributed by atoms with Crippen LogP contribution in [0.4, 0.5) is 5.69 Å². The Morgan fingerprint density at radius 2 is 1.66 bits per heavy atom. The quantitative estimate of drug-likeness (QED) is 0.483. The van der Waals surface area contributed by atoms with E-state index in [0.717, 1.165) is 10.9 Å². The molecule has 162 valence electrons. The van der Waals surface area contributed by atoms with E-state index in [2.05, 4.69) is 5.10 Å². The highest BCUT2D eigenvalue weighted by atomic mass is 35.5. The predicted molar refractivity (Wildman–Crippen MR) is 126 cm³/mol. The summed E-state index contributed by atoms with van der Waals surface area (Å²) in [6.45, 7) is 2.24. The molecule has 1 fully saturated rings. The highest BCUT2D eigenvalue weighted by Crippen LogP contribution is 2.25. The maximum absolute atomic E-state index is 13.2. The number of fused-ring (bicyclic) bond motifs is 1. The van der Waals surface area contributed by atoms with Crippen molar-refractivity contribution in [3.8, 4) is 5.69 Å². The Morgan fingerprint density at radius 3 is 2.41 bits per heavy atom. The van der Waals surface area contributed by atoms with Crippen LogP contribution in [0.5, 0.6) is 0 Å². The van der Waals surface area contributed by atoms with Gasteiger partial charge in [0.1, 0.15) is 5.02 Å². The minimum Gasteiger partial charge on any atom is -0.365 e. The molecule has 4 aromatic rings. The van der Waals surface area contributed by atoms with Gasteiger partial charge in [0.05, 0.1) is 23.1 Å². The molecule has 1 amide bonds. The second-order valence-electron chi connectivity index (χ2n) is 7.85. The first-order chi connectivity index (χ1) is 15.5. The lowest BCUT2D eigenvalue weighted by Gasteiger charge is -2.36. The second kappa shape index (κ2) is 8.16. The molecule has 3 heterocycles. The Hall–Kier alpha value is -3.58. The van der Waals surface area contributed by atoms with Gasteiger partial charge in [0, 0.05) is 50.3 Å². The summed E-state index contributed by atoms with van der Waals surface area (Å²) < 4.78 is 3.28. The standard InChI is InChI=1S/C24H22ClN5O2/c1-27-16-19(18-9-5-6-10-20(18)27)23(31)29-13-11-28(12-14-29)21-15-26-30(24(32)22(21)25)17-7-3-2-4-8-17/h2-10,15-16H,11-14H2,1H3. The average Bonchev–Trinajstić information content (AvgIpc) is 3.18. The Balaban J connectivity index is 1.34. The van der Waals surface area contributed by atoms with Crippen LogP contribution in [0.1, 0.15) is 10.4 Å². The van der Waals surface area contributed by atoms with E-state index in [4.69, 9.17) is 11.6 Å². The molecular formula is C24H22ClN5O2. The zero-order valence-corrected chi connectivity index (χ0v) is 18.4. The van der Waals surface area contributed by atoms with Gasteiger partial charge in [0.25, 0.3) is 11.5 Å². The van der Waals surface area contributed by atoms with Crippen molar-refractivity contribution in [2.75, 3.05) is 31.1 Å². The van der Waals surface area contributed by atoms with Gasteiger partial charge in [-0.1, -0.05) is 48.0 Å². The summed E-state index contributed by atoms with van der Waals surface area (Å²) in [7, 11) is 1.95. The van der Waals surface area contributed by atoms with Crippen molar-refractivity contribution in [1.82, 2.24) is 19.2 Å². The first kappa shape index (κ1) is 20.3. The Kier molecular flexibility index (Phi) is 5.19. The van der Waals surface area contributed by atoms with Gasteiger partial charge >= 0.3 is 0 Å². The number of aromatic nitrogens is 3. The number of aryl methyl sites for hydroxylation is 1. The van der Waals surface area contributed by atoms with Crippen LogP contribution < -0.4 is 10.5 Å². The van der Waals surface area contributed by atoms with Crippen LogP contribution in [0.25, 0.3) is 16.6 Å². The summed E-state index contributed by atoms with van der Waals surface area (Å²) in [5.74, 6) is 0.0187. The number of rotatable bonds is 3. The molecule has 5 rings (SSSR count). The second-order valence-corrected chi connectivity index (χ2v) is 8.22. The van der Waals surface area contributed by atoms with Crippen molar-refractivity contribution in [2.24, 2.45) is 7.05 Å². The number of hydrogen-bond acceptors (Lipinski definition) is 4. The number of anilines is 1. The van der Waals surface area contributed by atoms with Gasteiger partial charge in [-0.15, -0.1) is 0 Å². The van der Waals surface area contributed by atoms with E-state index in [-0.39, 0.29) is 16.5 Å². The maximum atomic E-state index is 13.2. The summed E-state index contributed by atoms with van der Waals surface area (Å²) in [5, 5.41) is 5.41. The van der Waals surface area contributed by atoms with Crippen molar-refractivity contribution in [2.45, 2.75) is 0 Å². The van der Waals surface area contributed by atoms with Crippen LogP contribution in [-0.2, 0) is 7.05 Å². The summed E-state index contributed by atoms with van der Waals surface area (Å²) in [5.41, 5.74) is 2.65. The Bertz CT molecular complexity index is 1350. The number of piperazine rings is 1. The molecule has 1 aliphatic rings. The fraction of sp³-hybridized carbons (Fsp3) is 0.208. The van der Waals surface area contributed by atoms with E-state index in [9.17, 15) is 9.59 Å². The number of carbonyl (C=O) groups excluding carboxylic acids is 1. The normalized spacial score (nSPS) is 14.2. The number of para-hydroxylation sites is 2. The van der Waals surface area contributed by atoms with E-state index in [0.29, 0.717) is 43.1 Å². The molecule has 0 atom stereocenters. The van der Waals surface area contributed by atoms with Crippen molar-refractivity contribution in [3.05, 3.63) is 87.9 Å². The SMILES string of the molecule is Cn1cc(C(=O)N2CCN(c3cnn(-c4ccccc4)c(=O)c3Cl)CC2)c2ccccc21. The molecule has 32 heavy (non-hydrogen) atoms. The molecule has 1 aliphatic heterocycles. The summed E-state index contributed by atoms with van der Waals surface area (Å²) in [6, 6.07) is 17.1. The van der Waals surface area contributed by atoms with E-state index in [1.54, 1.807) is 6.20 Å². The maximum Gasteiger partial charge on any atom is 0.292 e. The van der Waals surface area contributed by atoms with Crippen LogP contribution in [-0.4, -0.2) is 51.3 Å². The van der Waals surface area contributed by atoms with Crippen LogP contribution in [0.3, 0.4) is 0 Å². The van der Waals surface area contributed by atoms with Gasteiger partial charge in [-0.3, -0.25) is 9.59 Å². The van der Waals surface area contributed by atoms with E-state index >= 15 is 0 Å². The molecule has 2 aromatic heterocycles. The monoisotopic (exact) mass is 447 g/mol. The number of benzene rings is 2. The third-order valence-corrected chi connectivity index (χ3v) is 6.29. The molecular weight excluding hydrogens is 426 g/mol. The molecule has 0 unspecified atom stereocenters. The largest absolute Gasteiger partial charge is 0.365 e. The Morgan fingerprint density at radius 1 is 0.969 bits per heavy atom. The minimum absolute atomic E-state index is 0.0187. The van der Waals surface area contributed by atoms with Gasteiger partial charge in [0.15, 0.2) is 0 Å². The van der Waals surface area contributed by atoms with Gasteiger partial charge in [-0.2, -0.15) is 9.78 Å². The molecule has 0 bridgehead atoms.